The molecule has 0 aliphatic carbocycles. The number of aromatic nitrogens is 2. The van der Waals surface area contributed by atoms with Gasteiger partial charge in [-0.15, -0.1) is 0 Å². The lowest BCUT2D eigenvalue weighted by Crippen LogP contribution is -2.28. The molecular formula is C34H38N4O4. The molecule has 0 bridgehead atoms. The summed E-state index contributed by atoms with van der Waals surface area (Å²) in [6.45, 7) is 10.4. The lowest BCUT2D eigenvalue weighted by atomic mass is 9.98. The number of amidine groups is 1. The van der Waals surface area contributed by atoms with Gasteiger partial charge in [-0.05, 0) is 68.5 Å². The highest BCUT2D eigenvalue weighted by molar-refractivity contribution is 6.08. The van der Waals surface area contributed by atoms with Crippen molar-refractivity contribution in [1.29, 1.82) is 0 Å². The van der Waals surface area contributed by atoms with Gasteiger partial charge in [0.1, 0.15) is 24.3 Å². The third kappa shape index (κ3) is 7.13. The Bertz CT molecular complexity index is 1620. The Morgan fingerprint density at radius 2 is 1.67 bits per heavy atom. The number of amides is 1. The van der Waals surface area contributed by atoms with Gasteiger partial charge in [-0.25, -0.2) is 4.98 Å². The number of nitrogens with one attached hydrogen (secondary N) is 1. The highest BCUT2D eigenvalue weighted by Crippen LogP contribution is 2.27. The first-order valence-corrected chi connectivity index (χ1v) is 14.0. The van der Waals surface area contributed by atoms with Crippen LogP contribution in [0.25, 0.3) is 22.3 Å². The molecule has 1 N–H and O–H groups in total. The molecule has 3 aromatic carbocycles. The molecule has 0 saturated heterocycles. The molecule has 0 aliphatic heterocycles. The Kier molecular flexibility index (Phi) is 9.57. The Morgan fingerprint density at radius 1 is 1.00 bits per heavy atom. The number of carbonyl (C=O) groups is 1. The number of nitrogens with zero attached hydrogens (tertiary/aromatic N) is 3. The van der Waals surface area contributed by atoms with Gasteiger partial charge in [-0.2, -0.15) is 0 Å². The van der Waals surface area contributed by atoms with Crippen LogP contribution in [0, 0.1) is 6.92 Å². The Morgan fingerprint density at radius 3 is 2.29 bits per heavy atom. The zero-order valence-electron chi connectivity index (χ0n) is 25.1. The van der Waals surface area contributed by atoms with Gasteiger partial charge in [0, 0.05) is 12.0 Å². The summed E-state index contributed by atoms with van der Waals surface area (Å²) in [6, 6.07) is 23.3. The van der Waals surface area contributed by atoms with E-state index in [1.165, 1.54) is 7.11 Å². The fourth-order valence-corrected chi connectivity index (χ4v) is 4.88. The van der Waals surface area contributed by atoms with Crippen LogP contribution < -0.4 is 15.6 Å². The molecule has 0 atom stereocenters. The van der Waals surface area contributed by atoms with E-state index in [9.17, 15) is 9.59 Å². The average molecular weight is 567 g/mol. The third-order valence-corrected chi connectivity index (χ3v) is 6.64. The lowest BCUT2D eigenvalue weighted by molar-refractivity contribution is -0.108. The summed E-state index contributed by atoms with van der Waals surface area (Å²) in [5, 5.41) is 6.57. The molecule has 4 rings (SSSR count). The standard InChI is InChI=1S/C34H38N4O4/c1-7-10-30-36-23(2)31(26-17-19-27(20-18-26)42-34(3,4)5)33(40)38(30)21-24-13-15-25(16-14-24)28-11-8-9-12-29(28)32(35-22-39)37-41-6/h8-9,11-20,22H,7,10,21H2,1-6H3,(H,35,37,39). The zero-order chi connectivity index (χ0) is 30.3. The summed E-state index contributed by atoms with van der Waals surface area (Å²) < 4.78 is 7.75. The molecule has 0 aliphatic rings. The van der Waals surface area contributed by atoms with Crippen molar-refractivity contribution < 1.29 is 14.4 Å². The number of benzene rings is 3. The molecule has 1 aromatic heterocycles. The summed E-state index contributed by atoms with van der Waals surface area (Å²) in [5.74, 6) is 1.84. The van der Waals surface area contributed by atoms with Crippen LogP contribution >= 0.6 is 0 Å². The number of hydrogen-bond acceptors (Lipinski definition) is 6. The largest absolute Gasteiger partial charge is 0.488 e. The van der Waals surface area contributed by atoms with Gasteiger partial charge in [0.2, 0.25) is 6.41 Å². The molecule has 1 amide bonds. The molecule has 8 heteroatoms. The monoisotopic (exact) mass is 566 g/mol. The van der Waals surface area contributed by atoms with Gasteiger partial charge in [0.05, 0.1) is 17.8 Å². The molecule has 0 radical (unpaired) electrons. The predicted molar refractivity (Wildman–Crippen MR) is 167 cm³/mol. The maximum absolute atomic E-state index is 14.0. The smallest absolute Gasteiger partial charge is 0.261 e. The van der Waals surface area contributed by atoms with Crippen LogP contribution in [0.3, 0.4) is 0 Å². The van der Waals surface area contributed by atoms with Crippen LogP contribution in [0.4, 0.5) is 0 Å². The quantitative estimate of drug-likeness (QED) is 0.108. The summed E-state index contributed by atoms with van der Waals surface area (Å²) in [6.07, 6.45) is 2.15. The summed E-state index contributed by atoms with van der Waals surface area (Å²) in [5.41, 5.74) is 5.27. The molecule has 0 spiro atoms. The van der Waals surface area contributed by atoms with E-state index in [0.717, 1.165) is 45.8 Å². The number of aryl methyl sites for hydroxylation is 2. The number of carbonyl (C=O) groups excluding carboxylic acids is 1. The van der Waals surface area contributed by atoms with Crippen molar-refractivity contribution in [1.82, 2.24) is 14.9 Å². The Hall–Kier alpha value is -4.72. The van der Waals surface area contributed by atoms with E-state index in [-0.39, 0.29) is 11.2 Å². The van der Waals surface area contributed by atoms with Gasteiger partial charge in [-0.3, -0.25) is 14.2 Å². The number of rotatable bonds is 10. The third-order valence-electron chi connectivity index (χ3n) is 6.64. The number of ether oxygens (including phenoxy) is 1. The highest BCUT2D eigenvalue weighted by Gasteiger charge is 2.18. The van der Waals surface area contributed by atoms with Gasteiger partial charge < -0.3 is 14.9 Å². The number of oxime groups is 1. The minimum Gasteiger partial charge on any atom is -0.488 e. The van der Waals surface area contributed by atoms with Crippen LogP contribution in [0.1, 0.15) is 56.8 Å². The normalized spacial score (nSPS) is 11.7. The van der Waals surface area contributed by atoms with Crippen molar-refractivity contribution in [2.45, 2.75) is 59.6 Å². The second-order valence-electron chi connectivity index (χ2n) is 11.0. The molecular weight excluding hydrogens is 528 g/mol. The summed E-state index contributed by atoms with van der Waals surface area (Å²) >= 11 is 0. The van der Waals surface area contributed by atoms with Crippen molar-refractivity contribution in [3.05, 3.63) is 106 Å². The van der Waals surface area contributed by atoms with Crippen LogP contribution in [-0.4, -0.2) is 34.5 Å². The van der Waals surface area contributed by atoms with E-state index in [1.807, 2.05) is 100 Å². The van der Waals surface area contributed by atoms with Crippen molar-refractivity contribution in [3.63, 3.8) is 0 Å². The molecule has 8 nitrogen and oxygen atoms in total. The van der Waals surface area contributed by atoms with E-state index in [2.05, 4.69) is 17.4 Å². The molecule has 0 unspecified atom stereocenters. The minimum atomic E-state index is -0.308. The van der Waals surface area contributed by atoms with Gasteiger partial charge in [0.15, 0.2) is 5.84 Å². The maximum atomic E-state index is 14.0. The van der Waals surface area contributed by atoms with Crippen molar-refractivity contribution in [3.8, 4) is 28.0 Å². The topological polar surface area (TPSA) is 94.8 Å². The van der Waals surface area contributed by atoms with E-state index in [4.69, 9.17) is 14.6 Å². The van der Waals surface area contributed by atoms with Crippen LogP contribution in [0.15, 0.2) is 82.7 Å². The lowest BCUT2D eigenvalue weighted by Gasteiger charge is -2.21. The first-order chi connectivity index (χ1) is 20.1. The van der Waals surface area contributed by atoms with E-state index in [0.29, 0.717) is 36.5 Å². The second-order valence-corrected chi connectivity index (χ2v) is 11.0. The fraction of sp³-hybridized carbons (Fsp3) is 0.294. The summed E-state index contributed by atoms with van der Waals surface area (Å²) in [7, 11) is 1.43. The van der Waals surface area contributed by atoms with Crippen molar-refractivity contribution >= 4 is 12.2 Å². The second kappa shape index (κ2) is 13.3. The minimum absolute atomic E-state index is 0.0646. The number of hydrogen-bond donors (Lipinski definition) is 1. The molecule has 1 heterocycles. The molecule has 4 aromatic rings. The van der Waals surface area contributed by atoms with E-state index in [1.54, 1.807) is 4.57 Å². The van der Waals surface area contributed by atoms with E-state index < -0.39 is 0 Å². The summed E-state index contributed by atoms with van der Waals surface area (Å²) in [4.78, 5) is 34.9. The van der Waals surface area contributed by atoms with Crippen LogP contribution in [0.2, 0.25) is 0 Å². The SMILES string of the molecule is CCCc1nc(C)c(-c2ccc(OC(C)(C)C)cc2)c(=O)n1Cc1ccc(-c2ccccc2/C(=N/OC)NC=O)cc1. The molecule has 0 saturated carbocycles. The maximum Gasteiger partial charge on any atom is 0.261 e. The van der Waals surface area contributed by atoms with Gasteiger partial charge in [0.25, 0.3) is 5.56 Å². The van der Waals surface area contributed by atoms with E-state index >= 15 is 0 Å². The molecule has 0 fully saturated rings. The Labute approximate surface area is 247 Å². The van der Waals surface area contributed by atoms with Crippen molar-refractivity contribution in [2.24, 2.45) is 5.16 Å². The molecule has 218 valence electrons. The molecule has 42 heavy (non-hydrogen) atoms. The first kappa shape index (κ1) is 30.2. The average Bonchev–Trinajstić information content (AvgIpc) is 2.95. The zero-order valence-corrected chi connectivity index (χ0v) is 25.1. The highest BCUT2D eigenvalue weighted by atomic mass is 16.6. The fourth-order valence-electron chi connectivity index (χ4n) is 4.88. The van der Waals surface area contributed by atoms with Gasteiger partial charge in [-0.1, -0.05) is 72.7 Å². The predicted octanol–water partition coefficient (Wildman–Crippen LogP) is 6.12. The van der Waals surface area contributed by atoms with Crippen LogP contribution in [0.5, 0.6) is 5.75 Å². The van der Waals surface area contributed by atoms with Crippen LogP contribution in [-0.2, 0) is 22.6 Å². The first-order valence-electron chi connectivity index (χ1n) is 14.0. The van der Waals surface area contributed by atoms with Crippen molar-refractivity contribution in [2.75, 3.05) is 7.11 Å². The Balaban J connectivity index is 1.69. The van der Waals surface area contributed by atoms with Gasteiger partial charge >= 0.3 is 0 Å².